The molecule has 0 heterocycles. The van der Waals surface area contributed by atoms with Crippen LogP contribution in [-0.2, 0) is 11.3 Å². The summed E-state index contributed by atoms with van der Waals surface area (Å²) in [4.78, 5) is 13.4. The van der Waals surface area contributed by atoms with Crippen molar-refractivity contribution in [2.75, 3.05) is 26.7 Å². The van der Waals surface area contributed by atoms with Crippen LogP contribution in [0.2, 0.25) is 0 Å². The third kappa shape index (κ3) is 8.59. The second-order valence-electron chi connectivity index (χ2n) is 4.47. The minimum absolute atomic E-state index is 0. The van der Waals surface area contributed by atoms with Gasteiger partial charge in [-0.1, -0.05) is 30.3 Å². The number of hydrogen-bond acceptors (Lipinski definition) is 3. The van der Waals surface area contributed by atoms with Crippen LogP contribution in [0.1, 0.15) is 18.4 Å². The van der Waals surface area contributed by atoms with Gasteiger partial charge in [-0.25, -0.2) is 0 Å². The van der Waals surface area contributed by atoms with E-state index in [0.29, 0.717) is 13.0 Å². The molecule has 1 rings (SSSR count). The van der Waals surface area contributed by atoms with Gasteiger partial charge in [-0.3, -0.25) is 4.79 Å². The first-order chi connectivity index (χ1) is 8.72. The molecule has 0 fully saturated rings. The molecule has 1 aromatic carbocycles. The first-order valence-corrected chi connectivity index (χ1v) is 6.41. The molecule has 108 valence electrons. The van der Waals surface area contributed by atoms with E-state index < -0.39 is 0 Å². The Morgan fingerprint density at radius 1 is 1.32 bits per heavy atom. The van der Waals surface area contributed by atoms with Crippen molar-refractivity contribution in [3.63, 3.8) is 0 Å². The first-order valence-electron chi connectivity index (χ1n) is 6.41. The third-order valence-corrected chi connectivity index (χ3v) is 2.71. The van der Waals surface area contributed by atoms with Gasteiger partial charge in [0.1, 0.15) is 0 Å². The van der Waals surface area contributed by atoms with E-state index in [4.69, 9.17) is 5.73 Å². The molecular formula is C14H24ClN3O. The van der Waals surface area contributed by atoms with Crippen LogP contribution in [0.4, 0.5) is 0 Å². The van der Waals surface area contributed by atoms with Crippen LogP contribution in [0.3, 0.4) is 0 Å². The maximum absolute atomic E-state index is 11.2. The van der Waals surface area contributed by atoms with Gasteiger partial charge in [-0.05, 0) is 25.6 Å². The lowest BCUT2D eigenvalue weighted by atomic mass is 10.2. The molecule has 0 saturated carbocycles. The quantitative estimate of drug-likeness (QED) is 0.710. The number of carbonyl (C=O) groups excluding carboxylic acids is 1. The Labute approximate surface area is 121 Å². The first kappa shape index (κ1) is 17.9. The van der Waals surface area contributed by atoms with Crippen LogP contribution in [0, 0.1) is 0 Å². The molecule has 5 heteroatoms. The maximum Gasteiger partial charge on any atom is 0.221 e. The number of benzene rings is 1. The van der Waals surface area contributed by atoms with Crippen LogP contribution in [0.5, 0.6) is 0 Å². The lowest BCUT2D eigenvalue weighted by Gasteiger charge is -2.16. The zero-order valence-electron chi connectivity index (χ0n) is 11.5. The molecule has 3 N–H and O–H groups in total. The van der Waals surface area contributed by atoms with E-state index in [1.165, 1.54) is 5.56 Å². The van der Waals surface area contributed by atoms with Crippen LogP contribution < -0.4 is 11.1 Å². The lowest BCUT2D eigenvalue weighted by molar-refractivity contribution is -0.120. The zero-order chi connectivity index (χ0) is 13.2. The second-order valence-corrected chi connectivity index (χ2v) is 4.47. The molecular weight excluding hydrogens is 262 g/mol. The van der Waals surface area contributed by atoms with Crippen LogP contribution in [-0.4, -0.2) is 37.5 Å². The highest BCUT2D eigenvalue weighted by Gasteiger charge is 2.01. The van der Waals surface area contributed by atoms with E-state index in [0.717, 1.165) is 26.1 Å². The third-order valence-electron chi connectivity index (χ3n) is 2.71. The number of hydrogen-bond donors (Lipinski definition) is 2. The predicted octanol–water partition coefficient (Wildman–Crippen LogP) is 1.40. The zero-order valence-corrected chi connectivity index (χ0v) is 12.3. The molecule has 0 aliphatic heterocycles. The highest BCUT2D eigenvalue weighted by Crippen LogP contribution is 2.02. The summed E-state index contributed by atoms with van der Waals surface area (Å²) in [5, 5.41) is 2.86. The van der Waals surface area contributed by atoms with Crippen molar-refractivity contribution in [3.8, 4) is 0 Å². The van der Waals surface area contributed by atoms with Crippen molar-refractivity contribution in [2.24, 2.45) is 5.73 Å². The summed E-state index contributed by atoms with van der Waals surface area (Å²) >= 11 is 0. The fourth-order valence-electron chi connectivity index (χ4n) is 1.77. The lowest BCUT2D eigenvalue weighted by Crippen LogP contribution is -2.29. The molecule has 4 nitrogen and oxygen atoms in total. The molecule has 0 aromatic heterocycles. The normalized spacial score (nSPS) is 10.1. The van der Waals surface area contributed by atoms with Gasteiger partial charge in [0.15, 0.2) is 0 Å². The monoisotopic (exact) mass is 285 g/mol. The fraction of sp³-hybridized carbons (Fsp3) is 0.500. The molecule has 0 saturated heterocycles. The number of carbonyl (C=O) groups is 1. The summed E-state index contributed by atoms with van der Waals surface area (Å²) in [5.74, 6) is 0.0446. The van der Waals surface area contributed by atoms with E-state index in [1.807, 2.05) is 6.07 Å². The van der Waals surface area contributed by atoms with Crippen molar-refractivity contribution in [1.82, 2.24) is 10.2 Å². The van der Waals surface area contributed by atoms with Gasteiger partial charge in [0.2, 0.25) is 5.91 Å². The summed E-state index contributed by atoms with van der Waals surface area (Å²) in [5.41, 5.74) is 6.61. The van der Waals surface area contributed by atoms with Gasteiger partial charge < -0.3 is 16.0 Å². The molecule has 0 bridgehead atoms. The number of nitrogens with zero attached hydrogens (tertiary/aromatic N) is 1. The van der Waals surface area contributed by atoms with Gasteiger partial charge in [-0.15, -0.1) is 12.4 Å². The van der Waals surface area contributed by atoms with Crippen molar-refractivity contribution in [2.45, 2.75) is 19.4 Å². The number of halogens is 1. The Morgan fingerprint density at radius 3 is 2.63 bits per heavy atom. The smallest absolute Gasteiger partial charge is 0.221 e. The number of nitrogens with two attached hydrogens (primary N) is 1. The molecule has 0 atom stereocenters. The van der Waals surface area contributed by atoms with Crippen molar-refractivity contribution < 1.29 is 4.79 Å². The van der Waals surface area contributed by atoms with E-state index in [1.54, 1.807) is 0 Å². The molecule has 0 spiro atoms. The van der Waals surface area contributed by atoms with Gasteiger partial charge in [0, 0.05) is 26.1 Å². The summed E-state index contributed by atoms with van der Waals surface area (Å²) in [7, 11) is 2.09. The van der Waals surface area contributed by atoms with E-state index >= 15 is 0 Å². The van der Waals surface area contributed by atoms with Gasteiger partial charge >= 0.3 is 0 Å². The summed E-state index contributed by atoms with van der Waals surface area (Å²) in [6.07, 6.45) is 1.37. The van der Waals surface area contributed by atoms with Gasteiger partial charge in [0.25, 0.3) is 0 Å². The topological polar surface area (TPSA) is 58.4 Å². The SMILES string of the molecule is CN(CCCNC(=O)CCN)Cc1ccccc1.Cl. The van der Waals surface area contributed by atoms with Crippen molar-refractivity contribution in [1.29, 1.82) is 0 Å². The molecule has 1 amide bonds. The van der Waals surface area contributed by atoms with Crippen LogP contribution >= 0.6 is 12.4 Å². The average Bonchev–Trinajstić information content (AvgIpc) is 2.36. The maximum atomic E-state index is 11.2. The summed E-state index contributed by atoms with van der Waals surface area (Å²) in [6.45, 7) is 3.05. The minimum atomic E-state index is 0. The Balaban J connectivity index is 0.00000324. The second kappa shape index (κ2) is 10.8. The highest BCUT2D eigenvalue weighted by molar-refractivity contribution is 5.85. The molecule has 0 aliphatic carbocycles. The van der Waals surface area contributed by atoms with E-state index in [2.05, 4.69) is 41.5 Å². The Bertz CT molecular complexity index is 346. The largest absolute Gasteiger partial charge is 0.356 e. The molecule has 0 radical (unpaired) electrons. The van der Waals surface area contributed by atoms with E-state index in [9.17, 15) is 4.79 Å². The van der Waals surface area contributed by atoms with E-state index in [-0.39, 0.29) is 18.3 Å². The fourth-order valence-corrected chi connectivity index (χ4v) is 1.77. The number of nitrogens with one attached hydrogen (secondary N) is 1. The summed E-state index contributed by atoms with van der Waals surface area (Å²) < 4.78 is 0. The number of rotatable bonds is 8. The van der Waals surface area contributed by atoms with Gasteiger partial charge in [0.05, 0.1) is 0 Å². The Hall–Kier alpha value is -1.10. The average molecular weight is 286 g/mol. The van der Waals surface area contributed by atoms with Crippen molar-refractivity contribution >= 4 is 18.3 Å². The van der Waals surface area contributed by atoms with Crippen LogP contribution in [0.25, 0.3) is 0 Å². The standard InChI is InChI=1S/C14H23N3O.ClH/c1-17(12-13-6-3-2-4-7-13)11-5-10-16-14(18)8-9-15;/h2-4,6-7H,5,8-12,15H2,1H3,(H,16,18);1H. The number of amides is 1. The summed E-state index contributed by atoms with van der Waals surface area (Å²) in [6, 6.07) is 10.4. The Kier molecular flexibility index (Phi) is 10.2. The Morgan fingerprint density at radius 2 is 2.00 bits per heavy atom. The minimum Gasteiger partial charge on any atom is -0.356 e. The predicted molar refractivity (Wildman–Crippen MR) is 81.3 cm³/mol. The van der Waals surface area contributed by atoms with Crippen LogP contribution in [0.15, 0.2) is 30.3 Å². The molecule has 0 aliphatic rings. The molecule has 0 unspecified atom stereocenters. The van der Waals surface area contributed by atoms with Gasteiger partial charge in [-0.2, -0.15) is 0 Å². The molecule has 1 aromatic rings. The molecule has 19 heavy (non-hydrogen) atoms. The van der Waals surface area contributed by atoms with Crippen molar-refractivity contribution in [3.05, 3.63) is 35.9 Å². The highest BCUT2D eigenvalue weighted by atomic mass is 35.5.